The first-order chi connectivity index (χ1) is 11.0. The zero-order valence-corrected chi connectivity index (χ0v) is 15.3. The van der Waals surface area contributed by atoms with Crippen LogP contribution in [0.4, 0.5) is 0 Å². The van der Waals surface area contributed by atoms with E-state index in [0.717, 1.165) is 32.7 Å². The van der Waals surface area contributed by atoms with E-state index < -0.39 is 0 Å². The second-order valence-corrected chi connectivity index (χ2v) is 7.36. The van der Waals surface area contributed by atoms with E-state index in [2.05, 4.69) is 4.90 Å². The average Bonchev–Trinajstić information content (AvgIpc) is 3.08. The Balaban J connectivity index is 2.03. The van der Waals surface area contributed by atoms with Gasteiger partial charge in [-0.05, 0) is 25.7 Å². The molecule has 0 radical (unpaired) electrons. The summed E-state index contributed by atoms with van der Waals surface area (Å²) < 4.78 is 0. The molecule has 2 fully saturated rings. The number of amides is 2. The van der Waals surface area contributed by atoms with Gasteiger partial charge in [-0.2, -0.15) is 0 Å². The van der Waals surface area contributed by atoms with Gasteiger partial charge in [-0.25, -0.2) is 0 Å². The first kappa shape index (κ1) is 18.2. The summed E-state index contributed by atoms with van der Waals surface area (Å²) in [7, 11) is 1.91. The second kappa shape index (κ2) is 8.13. The molecule has 1 saturated carbocycles. The third-order valence-corrected chi connectivity index (χ3v) is 5.46. The summed E-state index contributed by atoms with van der Waals surface area (Å²) in [5.74, 6) is 1.05. The number of hydrogen-bond donors (Lipinski definition) is 0. The van der Waals surface area contributed by atoms with Crippen molar-refractivity contribution in [2.45, 2.75) is 52.5 Å². The topological polar surface area (TPSA) is 43.9 Å². The molecule has 0 aromatic heterocycles. The monoisotopic (exact) mass is 323 g/mol. The number of nitrogens with zero attached hydrogens (tertiary/aromatic N) is 3. The highest BCUT2D eigenvalue weighted by atomic mass is 16.2. The molecule has 1 saturated heterocycles. The molecule has 1 atom stereocenters. The van der Waals surface area contributed by atoms with E-state index in [9.17, 15) is 9.59 Å². The number of hydrogen-bond acceptors (Lipinski definition) is 3. The molecule has 23 heavy (non-hydrogen) atoms. The minimum atomic E-state index is 0.0127. The summed E-state index contributed by atoms with van der Waals surface area (Å²) in [4.78, 5) is 31.2. The largest absolute Gasteiger partial charge is 0.345 e. The van der Waals surface area contributed by atoms with E-state index in [1.165, 1.54) is 25.7 Å². The third-order valence-electron chi connectivity index (χ3n) is 5.46. The number of carbonyl (C=O) groups is 2. The SMILES string of the molecule is CCN(C)C(=O)C(C1CCCC1)N1CCN(C(=O)C(C)C)CC1. The summed E-state index contributed by atoms with van der Waals surface area (Å²) in [6.45, 7) is 9.85. The van der Waals surface area contributed by atoms with Crippen LogP contribution in [0.25, 0.3) is 0 Å². The Morgan fingerprint density at radius 2 is 1.65 bits per heavy atom. The van der Waals surface area contributed by atoms with E-state index in [-0.39, 0.29) is 23.8 Å². The van der Waals surface area contributed by atoms with Gasteiger partial charge in [0.25, 0.3) is 0 Å². The van der Waals surface area contributed by atoms with Gasteiger partial charge in [-0.1, -0.05) is 26.7 Å². The summed E-state index contributed by atoms with van der Waals surface area (Å²) in [5.41, 5.74) is 0. The van der Waals surface area contributed by atoms with Crippen LogP contribution in [0.5, 0.6) is 0 Å². The number of rotatable bonds is 5. The molecule has 1 aliphatic carbocycles. The third kappa shape index (κ3) is 4.25. The summed E-state index contributed by atoms with van der Waals surface area (Å²) in [5, 5.41) is 0. The van der Waals surface area contributed by atoms with Crippen molar-refractivity contribution in [3.63, 3.8) is 0 Å². The van der Waals surface area contributed by atoms with Gasteiger partial charge >= 0.3 is 0 Å². The molecule has 2 aliphatic rings. The zero-order chi connectivity index (χ0) is 17.0. The number of likely N-dealkylation sites (N-methyl/N-ethyl adjacent to an activating group) is 1. The highest BCUT2D eigenvalue weighted by Gasteiger charge is 2.38. The van der Waals surface area contributed by atoms with Crippen molar-refractivity contribution in [3.8, 4) is 0 Å². The molecule has 5 nitrogen and oxygen atoms in total. The molecule has 0 spiro atoms. The fourth-order valence-corrected chi connectivity index (χ4v) is 3.90. The molecule has 1 heterocycles. The van der Waals surface area contributed by atoms with Crippen LogP contribution >= 0.6 is 0 Å². The van der Waals surface area contributed by atoms with Gasteiger partial charge < -0.3 is 9.80 Å². The van der Waals surface area contributed by atoms with Crippen LogP contribution < -0.4 is 0 Å². The van der Waals surface area contributed by atoms with Crippen molar-refractivity contribution in [3.05, 3.63) is 0 Å². The predicted molar refractivity (Wildman–Crippen MR) is 92.0 cm³/mol. The van der Waals surface area contributed by atoms with E-state index in [0.29, 0.717) is 5.92 Å². The van der Waals surface area contributed by atoms with Crippen LogP contribution in [-0.2, 0) is 9.59 Å². The van der Waals surface area contributed by atoms with Crippen molar-refractivity contribution in [2.75, 3.05) is 39.8 Å². The van der Waals surface area contributed by atoms with Gasteiger partial charge in [0.15, 0.2) is 0 Å². The Morgan fingerprint density at radius 1 is 1.09 bits per heavy atom. The molecule has 1 aliphatic heterocycles. The standard InChI is InChI=1S/C18H33N3O2/c1-5-19(4)18(23)16(15-8-6-7-9-15)20-10-12-21(13-11-20)17(22)14(2)3/h14-16H,5-13H2,1-4H3. The lowest BCUT2D eigenvalue weighted by Crippen LogP contribution is -2.58. The molecule has 2 rings (SSSR count). The van der Waals surface area contributed by atoms with Crippen molar-refractivity contribution in [1.82, 2.24) is 14.7 Å². The highest BCUT2D eigenvalue weighted by molar-refractivity contribution is 5.82. The van der Waals surface area contributed by atoms with Crippen LogP contribution in [0.2, 0.25) is 0 Å². The Labute approximate surface area is 141 Å². The fraction of sp³-hybridized carbons (Fsp3) is 0.889. The molecular weight excluding hydrogens is 290 g/mol. The Hall–Kier alpha value is -1.10. The molecule has 1 unspecified atom stereocenters. The fourth-order valence-electron chi connectivity index (χ4n) is 3.90. The van der Waals surface area contributed by atoms with Crippen LogP contribution in [0.15, 0.2) is 0 Å². The normalized spacial score (nSPS) is 21.7. The van der Waals surface area contributed by atoms with Crippen molar-refractivity contribution < 1.29 is 9.59 Å². The van der Waals surface area contributed by atoms with Crippen molar-refractivity contribution in [1.29, 1.82) is 0 Å². The molecular formula is C18H33N3O2. The molecule has 0 N–H and O–H groups in total. The highest BCUT2D eigenvalue weighted by Crippen LogP contribution is 2.31. The summed E-state index contributed by atoms with van der Waals surface area (Å²) >= 11 is 0. The molecule has 2 amide bonds. The Kier molecular flexibility index (Phi) is 6.45. The lowest BCUT2D eigenvalue weighted by Gasteiger charge is -2.42. The van der Waals surface area contributed by atoms with E-state index in [1.54, 1.807) is 0 Å². The predicted octanol–water partition coefficient (Wildman–Crippen LogP) is 1.82. The van der Waals surface area contributed by atoms with E-state index in [4.69, 9.17) is 0 Å². The molecule has 0 bridgehead atoms. The van der Waals surface area contributed by atoms with Crippen LogP contribution in [0.1, 0.15) is 46.5 Å². The first-order valence-electron chi connectivity index (χ1n) is 9.23. The van der Waals surface area contributed by atoms with Gasteiger partial charge in [0, 0.05) is 45.7 Å². The molecule has 0 aromatic rings. The van der Waals surface area contributed by atoms with E-state index in [1.807, 2.05) is 37.6 Å². The minimum absolute atomic E-state index is 0.0127. The number of piperazine rings is 1. The van der Waals surface area contributed by atoms with Gasteiger partial charge in [0.1, 0.15) is 0 Å². The lowest BCUT2D eigenvalue weighted by molar-refractivity contribution is -0.141. The molecule has 132 valence electrons. The smallest absolute Gasteiger partial charge is 0.239 e. The molecule has 0 aromatic carbocycles. The maximum Gasteiger partial charge on any atom is 0.239 e. The Morgan fingerprint density at radius 3 is 2.13 bits per heavy atom. The van der Waals surface area contributed by atoms with Gasteiger partial charge in [-0.3, -0.25) is 14.5 Å². The van der Waals surface area contributed by atoms with Crippen molar-refractivity contribution >= 4 is 11.8 Å². The summed E-state index contributed by atoms with van der Waals surface area (Å²) in [6.07, 6.45) is 4.82. The maximum atomic E-state index is 12.9. The average molecular weight is 323 g/mol. The second-order valence-electron chi connectivity index (χ2n) is 7.36. The van der Waals surface area contributed by atoms with Gasteiger partial charge in [0.2, 0.25) is 11.8 Å². The zero-order valence-electron chi connectivity index (χ0n) is 15.3. The summed E-state index contributed by atoms with van der Waals surface area (Å²) in [6, 6.07) is 0.0127. The molecule has 5 heteroatoms. The maximum absolute atomic E-state index is 12.9. The van der Waals surface area contributed by atoms with Crippen LogP contribution in [0.3, 0.4) is 0 Å². The quantitative estimate of drug-likeness (QED) is 0.775. The van der Waals surface area contributed by atoms with E-state index >= 15 is 0 Å². The Bertz CT molecular complexity index is 410. The van der Waals surface area contributed by atoms with Crippen LogP contribution in [0, 0.1) is 11.8 Å². The van der Waals surface area contributed by atoms with Crippen molar-refractivity contribution in [2.24, 2.45) is 11.8 Å². The van der Waals surface area contributed by atoms with Crippen LogP contribution in [-0.4, -0.2) is 72.3 Å². The van der Waals surface area contributed by atoms with Gasteiger partial charge in [-0.15, -0.1) is 0 Å². The van der Waals surface area contributed by atoms with Gasteiger partial charge in [0.05, 0.1) is 6.04 Å². The lowest BCUT2D eigenvalue weighted by atomic mass is 9.94. The minimum Gasteiger partial charge on any atom is -0.345 e. The first-order valence-corrected chi connectivity index (χ1v) is 9.23. The number of carbonyl (C=O) groups excluding carboxylic acids is 2.